The number of ether oxygens (including phenoxy) is 1. The first-order valence-corrected chi connectivity index (χ1v) is 10.9. The van der Waals surface area contributed by atoms with Crippen LogP contribution < -0.4 is 10.6 Å². The molecule has 0 spiro atoms. The molecule has 0 amide bonds. The van der Waals surface area contributed by atoms with Gasteiger partial charge in [0, 0.05) is 38.6 Å². The molecule has 1 aromatic carbocycles. The van der Waals surface area contributed by atoms with E-state index in [4.69, 9.17) is 9.73 Å². The number of aromatic amines is 1. The fourth-order valence-corrected chi connectivity index (χ4v) is 3.79. The summed E-state index contributed by atoms with van der Waals surface area (Å²) in [5, 5.41) is 6.83. The van der Waals surface area contributed by atoms with Crippen molar-refractivity contribution >= 4 is 41.0 Å². The molecule has 1 unspecified atom stereocenters. The van der Waals surface area contributed by atoms with Crippen LogP contribution in [0.3, 0.4) is 0 Å². The number of para-hydroxylation sites is 2. The van der Waals surface area contributed by atoms with E-state index in [-0.39, 0.29) is 24.0 Å². The Labute approximate surface area is 197 Å². The summed E-state index contributed by atoms with van der Waals surface area (Å²) < 4.78 is 5.52. The van der Waals surface area contributed by atoms with E-state index < -0.39 is 0 Å². The minimum Gasteiger partial charge on any atom is -0.379 e. The Balaban J connectivity index is 0.00000320. The third-order valence-electron chi connectivity index (χ3n) is 5.20. The second-order valence-electron chi connectivity index (χ2n) is 8.03. The molecule has 2 heterocycles. The van der Waals surface area contributed by atoms with Gasteiger partial charge >= 0.3 is 0 Å². The quantitative estimate of drug-likeness (QED) is 0.265. The Morgan fingerprint density at radius 1 is 1.23 bits per heavy atom. The van der Waals surface area contributed by atoms with E-state index in [9.17, 15) is 0 Å². The molecule has 7 nitrogen and oxygen atoms in total. The van der Waals surface area contributed by atoms with Crippen molar-refractivity contribution in [2.24, 2.45) is 10.9 Å². The predicted molar refractivity (Wildman–Crippen MR) is 135 cm³/mol. The van der Waals surface area contributed by atoms with Crippen LogP contribution in [0.4, 0.5) is 0 Å². The molecule has 30 heavy (non-hydrogen) atoms. The molecule has 3 N–H and O–H groups in total. The van der Waals surface area contributed by atoms with Gasteiger partial charge in [0.2, 0.25) is 0 Å². The van der Waals surface area contributed by atoms with E-state index in [0.717, 1.165) is 81.6 Å². The van der Waals surface area contributed by atoms with Gasteiger partial charge in [0.15, 0.2) is 5.96 Å². The van der Waals surface area contributed by atoms with Gasteiger partial charge in [0.25, 0.3) is 0 Å². The highest BCUT2D eigenvalue weighted by molar-refractivity contribution is 14.0. The summed E-state index contributed by atoms with van der Waals surface area (Å²) in [5.41, 5.74) is 2.11. The van der Waals surface area contributed by atoms with E-state index in [2.05, 4.69) is 52.3 Å². The number of H-pyrrole nitrogens is 1. The van der Waals surface area contributed by atoms with Crippen molar-refractivity contribution in [1.82, 2.24) is 25.5 Å². The fraction of sp³-hybridized carbons (Fsp3) is 0.636. The maximum absolute atomic E-state index is 5.52. The highest BCUT2D eigenvalue weighted by Gasteiger charge is 2.21. The average molecular weight is 528 g/mol. The van der Waals surface area contributed by atoms with Crippen molar-refractivity contribution in [3.63, 3.8) is 0 Å². The first-order chi connectivity index (χ1) is 14.2. The molecule has 3 rings (SSSR count). The van der Waals surface area contributed by atoms with Crippen LogP contribution in [-0.2, 0) is 11.2 Å². The lowest BCUT2D eigenvalue weighted by Gasteiger charge is -2.34. The van der Waals surface area contributed by atoms with Crippen LogP contribution in [0.5, 0.6) is 0 Å². The van der Waals surface area contributed by atoms with E-state index in [0.29, 0.717) is 12.0 Å². The van der Waals surface area contributed by atoms with Gasteiger partial charge in [0.1, 0.15) is 5.82 Å². The SMILES string of the molecule is CCNC(=NCC(CC(C)C)N1CCOCC1)NCCc1nc2ccccc2[nH]1.I. The average Bonchev–Trinajstić information content (AvgIpc) is 3.14. The zero-order chi connectivity index (χ0) is 20.5. The van der Waals surface area contributed by atoms with Crippen molar-refractivity contribution in [3.8, 4) is 0 Å². The zero-order valence-corrected chi connectivity index (χ0v) is 20.8. The summed E-state index contributed by atoms with van der Waals surface area (Å²) in [4.78, 5) is 15.5. The molecule has 0 aliphatic carbocycles. The number of rotatable bonds is 9. The minimum absolute atomic E-state index is 0. The number of nitrogens with one attached hydrogen (secondary N) is 3. The molecule has 0 saturated carbocycles. The minimum atomic E-state index is 0. The number of morpholine rings is 1. The fourth-order valence-electron chi connectivity index (χ4n) is 3.79. The van der Waals surface area contributed by atoms with Gasteiger partial charge in [-0.3, -0.25) is 9.89 Å². The molecule has 8 heteroatoms. The second-order valence-corrected chi connectivity index (χ2v) is 8.03. The van der Waals surface area contributed by atoms with E-state index >= 15 is 0 Å². The Hall–Kier alpha value is -1.39. The normalized spacial score (nSPS) is 16.5. The van der Waals surface area contributed by atoms with Gasteiger partial charge in [0.05, 0.1) is 30.8 Å². The largest absolute Gasteiger partial charge is 0.379 e. The second kappa shape index (κ2) is 13.1. The Morgan fingerprint density at radius 3 is 2.70 bits per heavy atom. The summed E-state index contributed by atoms with van der Waals surface area (Å²) in [6.45, 7) is 12.8. The molecule has 2 aromatic rings. The Morgan fingerprint density at radius 2 is 2.00 bits per heavy atom. The van der Waals surface area contributed by atoms with Crippen LogP contribution in [0.15, 0.2) is 29.3 Å². The van der Waals surface area contributed by atoms with Crippen molar-refractivity contribution < 1.29 is 4.74 Å². The third kappa shape index (κ3) is 7.70. The number of hydrogen-bond donors (Lipinski definition) is 3. The summed E-state index contributed by atoms with van der Waals surface area (Å²) >= 11 is 0. The van der Waals surface area contributed by atoms with Crippen LogP contribution in [0.1, 0.15) is 33.0 Å². The van der Waals surface area contributed by atoms with Crippen LogP contribution in [0.2, 0.25) is 0 Å². The first kappa shape index (κ1) is 24.9. The van der Waals surface area contributed by atoms with Gasteiger partial charge < -0.3 is 20.4 Å². The first-order valence-electron chi connectivity index (χ1n) is 10.9. The predicted octanol–water partition coefficient (Wildman–Crippen LogP) is 3.03. The third-order valence-corrected chi connectivity index (χ3v) is 5.20. The molecule has 0 radical (unpaired) electrons. The molecular weight excluding hydrogens is 491 g/mol. The maximum atomic E-state index is 5.52. The van der Waals surface area contributed by atoms with Gasteiger partial charge in [-0.05, 0) is 31.4 Å². The molecule has 1 atom stereocenters. The molecule has 1 aliphatic heterocycles. The number of nitrogens with zero attached hydrogens (tertiary/aromatic N) is 3. The van der Waals surface area contributed by atoms with Crippen molar-refractivity contribution in [2.45, 2.75) is 39.7 Å². The summed E-state index contributed by atoms with van der Waals surface area (Å²) in [7, 11) is 0. The van der Waals surface area contributed by atoms with Gasteiger partial charge in [-0.1, -0.05) is 26.0 Å². The van der Waals surface area contributed by atoms with Gasteiger partial charge in [-0.25, -0.2) is 4.98 Å². The molecular formula is C22H37IN6O. The lowest BCUT2D eigenvalue weighted by Crippen LogP contribution is -2.46. The Bertz CT molecular complexity index is 739. The standard InChI is InChI=1S/C22H36N6O.HI/c1-4-23-22(24-10-9-21-26-19-7-5-6-8-20(19)27-21)25-16-18(15-17(2)3)28-11-13-29-14-12-28;/h5-8,17-18H,4,9-16H2,1-3H3,(H,26,27)(H2,23,24,25);1H. The number of halogens is 1. The van der Waals surface area contributed by atoms with Crippen molar-refractivity contribution in [1.29, 1.82) is 0 Å². The number of imidazole rings is 1. The summed E-state index contributed by atoms with van der Waals surface area (Å²) in [6.07, 6.45) is 1.99. The summed E-state index contributed by atoms with van der Waals surface area (Å²) in [5.74, 6) is 2.54. The van der Waals surface area contributed by atoms with E-state index in [1.54, 1.807) is 0 Å². The molecule has 1 aliphatic rings. The number of fused-ring (bicyclic) bond motifs is 1. The monoisotopic (exact) mass is 528 g/mol. The maximum Gasteiger partial charge on any atom is 0.191 e. The topological polar surface area (TPSA) is 77.6 Å². The summed E-state index contributed by atoms with van der Waals surface area (Å²) in [6, 6.07) is 8.61. The van der Waals surface area contributed by atoms with Gasteiger partial charge in [-0.2, -0.15) is 0 Å². The molecule has 1 saturated heterocycles. The van der Waals surface area contributed by atoms with Crippen LogP contribution in [0.25, 0.3) is 11.0 Å². The molecule has 168 valence electrons. The number of aromatic nitrogens is 2. The van der Waals surface area contributed by atoms with Gasteiger partial charge in [-0.15, -0.1) is 24.0 Å². The van der Waals surface area contributed by atoms with Crippen LogP contribution >= 0.6 is 24.0 Å². The number of aliphatic imine (C=N–C) groups is 1. The zero-order valence-electron chi connectivity index (χ0n) is 18.5. The molecule has 1 aromatic heterocycles. The highest BCUT2D eigenvalue weighted by Crippen LogP contribution is 2.14. The van der Waals surface area contributed by atoms with Crippen molar-refractivity contribution in [3.05, 3.63) is 30.1 Å². The van der Waals surface area contributed by atoms with E-state index in [1.165, 1.54) is 0 Å². The smallest absolute Gasteiger partial charge is 0.191 e. The van der Waals surface area contributed by atoms with E-state index in [1.807, 2.05) is 18.2 Å². The Kier molecular flexibility index (Phi) is 10.9. The lowest BCUT2D eigenvalue weighted by atomic mass is 10.0. The van der Waals surface area contributed by atoms with Crippen LogP contribution in [-0.4, -0.2) is 72.8 Å². The highest BCUT2D eigenvalue weighted by atomic mass is 127. The molecule has 0 bridgehead atoms. The lowest BCUT2D eigenvalue weighted by molar-refractivity contribution is 0.0143. The van der Waals surface area contributed by atoms with Crippen LogP contribution in [0, 0.1) is 5.92 Å². The number of benzene rings is 1. The van der Waals surface area contributed by atoms with Crippen molar-refractivity contribution in [2.75, 3.05) is 45.9 Å². The number of hydrogen-bond acceptors (Lipinski definition) is 4. The number of guanidine groups is 1. The molecule has 1 fully saturated rings.